The Morgan fingerprint density at radius 1 is 1.03 bits per heavy atom. The molecule has 0 unspecified atom stereocenters. The van der Waals surface area contributed by atoms with Gasteiger partial charge < -0.3 is 19.5 Å². The van der Waals surface area contributed by atoms with E-state index >= 15 is 0 Å². The zero-order valence-electron chi connectivity index (χ0n) is 19.7. The van der Waals surface area contributed by atoms with Crippen LogP contribution in [0.25, 0.3) is 6.08 Å². The van der Waals surface area contributed by atoms with Gasteiger partial charge in [0, 0.05) is 5.56 Å². The van der Waals surface area contributed by atoms with Gasteiger partial charge in [-0.2, -0.15) is 0 Å². The molecular weight excluding hydrogens is 503 g/mol. The molecule has 1 aliphatic rings. The zero-order valence-corrected chi connectivity index (χ0v) is 21.3. The third-order valence-electron chi connectivity index (χ3n) is 4.99. The summed E-state index contributed by atoms with van der Waals surface area (Å²) in [6.45, 7) is 4.71. The van der Waals surface area contributed by atoms with Gasteiger partial charge >= 0.3 is 0 Å². The highest BCUT2D eigenvalue weighted by atomic mass is 35.5. The van der Waals surface area contributed by atoms with Gasteiger partial charge in [0.1, 0.15) is 18.2 Å². The van der Waals surface area contributed by atoms with Crippen LogP contribution in [0.2, 0.25) is 5.02 Å². The van der Waals surface area contributed by atoms with E-state index < -0.39 is 0 Å². The Bertz CT molecular complexity index is 1310. The lowest BCUT2D eigenvalue weighted by atomic mass is 10.1. The van der Waals surface area contributed by atoms with Crippen molar-refractivity contribution in [2.24, 2.45) is 4.99 Å². The summed E-state index contributed by atoms with van der Waals surface area (Å²) in [5, 5.41) is 3.53. The minimum atomic E-state index is -0.361. The fourth-order valence-electron chi connectivity index (χ4n) is 3.37. The minimum absolute atomic E-state index is 0.00344. The highest BCUT2D eigenvalue weighted by molar-refractivity contribution is 8.18. The highest BCUT2D eigenvalue weighted by Crippen LogP contribution is 2.39. The van der Waals surface area contributed by atoms with Crippen molar-refractivity contribution in [3.8, 4) is 17.2 Å². The maximum Gasteiger partial charge on any atom is 0.264 e. The summed E-state index contributed by atoms with van der Waals surface area (Å²) < 4.78 is 31.0. The summed E-state index contributed by atoms with van der Waals surface area (Å²) in [4.78, 5) is 17.5. The molecule has 0 aromatic heterocycles. The second-order valence-electron chi connectivity index (χ2n) is 7.55. The maximum absolute atomic E-state index is 14.0. The van der Waals surface area contributed by atoms with Crippen LogP contribution in [0, 0.1) is 5.82 Å². The molecule has 0 saturated carbocycles. The summed E-state index contributed by atoms with van der Waals surface area (Å²) in [6.07, 6.45) is 1.70. The topological polar surface area (TPSA) is 69.2 Å². The van der Waals surface area contributed by atoms with Crippen LogP contribution in [-0.2, 0) is 11.4 Å². The molecule has 1 heterocycles. The Hall–Kier alpha value is -3.49. The molecule has 1 aliphatic heterocycles. The fraction of sp³-hybridized carbons (Fsp3) is 0.185. The molecule has 9 heteroatoms. The number of thioether (sulfide) groups is 1. The summed E-state index contributed by atoms with van der Waals surface area (Å²) >= 11 is 7.72. The van der Waals surface area contributed by atoms with Crippen LogP contribution in [-0.4, -0.2) is 24.3 Å². The number of aliphatic imine (C=N–C) groups is 1. The number of ether oxygens (including phenoxy) is 3. The first-order valence-electron chi connectivity index (χ1n) is 11.3. The Morgan fingerprint density at radius 3 is 2.50 bits per heavy atom. The molecule has 0 spiro atoms. The van der Waals surface area contributed by atoms with E-state index in [0.717, 1.165) is 5.75 Å². The van der Waals surface area contributed by atoms with E-state index in [1.165, 1.54) is 17.8 Å². The predicted octanol–water partition coefficient (Wildman–Crippen LogP) is 6.75. The van der Waals surface area contributed by atoms with Crippen molar-refractivity contribution in [1.82, 2.24) is 5.32 Å². The van der Waals surface area contributed by atoms with Gasteiger partial charge in [-0.05, 0) is 79.7 Å². The lowest BCUT2D eigenvalue weighted by molar-refractivity contribution is -0.115. The van der Waals surface area contributed by atoms with Crippen LogP contribution in [0.15, 0.2) is 70.6 Å². The van der Waals surface area contributed by atoms with Crippen molar-refractivity contribution in [3.63, 3.8) is 0 Å². The van der Waals surface area contributed by atoms with Gasteiger partial charge in [-0.1, -0.05) is 29.8 Å². The molecule has 0 atom stereocenters. The first-order chi connectivity index (χ1) is 17.5. The second-order valence-corrected chi connectivity index (χ2v) is 8.99. The van der Waals surface area contributed by atoms with Gasteiger partial charge in [-0.3, -0.25) is 4.79 Å². The number of nitrogens with zero attached hydrogens (tertiary/aromatic N) is 1. The standard InChI is InChI=1S/C27H24ClFN2O4S/c1-3-33-20-11-9-19(10-12-20)30-27-31-26(32)24(36-27)15-17-13-21(28)25(23(14-17)34-4-2)35-16-18-7-5-6-8-22(18)29/h5-15H,3-4,16H2,1-2H3,(H,30,31,32)/b24-15+. The van der Waals surface area contributed by atoms with Gasteiger partial charge in [-0.25, -0.2) is 9.38 Å². The monoisotopic (exact) mass is 526 g/mol. The molecule has 0 radical (unpaired) electrons. The van der Waals surface area contributed by atoms with Crippen LogP contribution >= 0.6 is 23.4 Å². The number of amidine groups is 1. The van der Waals surface area contributed by atoms with Crippen molar-refractivity contribution in [3.05, 3.63) is 87.5 Å². The number of nitrogens with one attached hydrogen (secondary N) is 1. The molecule has 3 aromatic carbocycles. The van der Waals surface area contributed by atoms with Crippen molar-refractivity contribution in [2.75, 3.05) is 13.2 Å². The zero-order chi connectivity index (χ0) is 25.5. The van der Waals surface area contributed by atoms with E-state index in [0.29, 0.717) is 51.6 Å². The fourth-order valence-corrected chi connectivity index (χ4v) is 4.49. The van der Waals surface area contributed by atoms with Crippen LogP contribution in [0.4, 0.5) is 10.1 Å². The average Bonchev–Trinajstić information content (AvgIpc) is 3.19. The lowest BCUT2D eigenvalue weighted by Gasteiger charge is -2.15. The first-order valence-corrected chi connectivity index (χ1v) is 12.5. The predicted molar refractivity (Wildman–Crippen MR) is 142 cm³/mol. The third kappa shape index (κ3) is 6.38. The van der Waals surface area contributed by atoms with Crippen LogP contribution < -0.4 is 19.5 Å². The summed E-state index contributed by atoms with van der Waals surface area (Å²) in [5.41, 5.74) is 1.75. The number of hydrogen-bond acceptors (Lipinski definition) is 6. The first kappa shape index (κ1) is 25.6. The quantitative estimate of drug-likeness (QED) is 0.312. The molecule has 186 valence electrons. The number of hydrogen-bond donors (Lipinski definition) is 1. The molecular formula is C27H24ClFN2O4S. The smallest absolute Gasteiger partial charge is 0.264 e. The number of carbonyl (C=O) groups excluding carboxylic acids is 1. The van der Waals surface area contributed by atoms with E-state index in [2.05, 4.69) is 10.3 Å². The summed E-state index contributed by atoms with van der Waals surface area (Å²) in [7, 11) is 0. The largest absolute Gasteiger partial charge is 0.494 e. The van der Waals surface area contributed by atoms with E-state index in [1.807, 2.05) is 38.1 Å². The SMILES string of the molecule is CCOc1ccc(N=C2NC(=O)/C(=C\c3cc(Cl)c(OCc4ccccc4F)c(OCC)c3)S2)cc1. The van der Waals surface area contributed by atoms with E-state index in [1.54, 1.807) is 36.4 Å². The van der Waals surface area contributed by atoms with Crippen LogP contribution in [0.5, 0.6) is 17.2 Å². The van der Waals surface area contributed by atoms with Gasteiger partial charge in [0.05, 0.1) is 28.8 Å². The second kappa shape index (κ2) is 12.0. The molecule has 1 amide bonds. The number of benzene rings is 3. The molecule has 1 saturated heterocycles. The Kier molecular flexibility index (Phi) is 8.51. The number of halogens is 2. The number of amides is 1. The van der Waals surface area contributed by atoms with Gasteiger partial charge in [-0.15, -0.1) is 0 Å². The summed E-state index contributed by atoms with van der Waals surface area (Å²) in [5.74, 6) is 0.845. The molecule has 1 fully saturated rings. The van der Waals surface area contributed by atoms with E-state index in [9.17, 15) is 9.18 Å². The molecule has 36 heavy (non-hydrogen) atoms. The Balaban J connectivity index is 1.53. The number of carbonyl (C=O) groups is 1. The molecule has 1 N–H and O–H groups in total. The van der Waals surface area contributed by atoms with Gasteiger partial charge in [0.25, 0.3) is 5.91 Å². The maximum atomic E-state index is 14.0. The van der Waals surface area contributed by atoms with Crippen LogP contribution in [0.1, 0.15) is 25.0 Å². The lowest BCUT2D eigenvalue weighted by Crippen LogP contribution is -2.19. The van der Waals surface area contributed by atoms with Crippen molar-refractivity contribution < 1.29 is 23.4 Å². The normalized spacial score (nSPS) is 15.3. The molecule has 3 aromatic rings. The van der Waals surface area contributed by atoms with E-state index in [4.69, 9.17) is 25.8 Å². The van der Waals surface area contributed by atoms with Gasteiger partial charge in [0.15, 0.2) is 16.7 Å². The van der Waals surface area contributed by atoms with Crippen molar-refractivity contribution in [1.29, 1.82) is 0 Å². The highest BCUT2D eigenvalue weighted by Gasteiger charge is 2.24. The molecule has 6 nitrogen and oxygen atoms in total. The third-order valence-corrected chi connectivity index (χ3v) is 6.18. The summed E-state index contributed by atoms with van der Waals surface area (Å²) in [6, 6.07) is 17.1. The van der Waals surface area contributed by atoms with Crippen molar-refractivity contribution in [2.45, 2.75) is 20.5 Å². The van der Waals surface area contributed by atoms with Gasteiger partial charge in [0.2, 0.25) is 0 Å². The average molecular weight is 527 g/mol. The van der Waals surface area contributed by atoms with E-state index in [-0.39, 0.29) is 23.4 Å². The Morgan fingerprint density at radius 2 is 1.78 bits per heavy atom. The number of rotatable bonds is 9. The minimum Gasteiger partial charge on any atom is -0.494 e. The molecule has 0 bridgehead atoms. The Labute approximate surface area is 218 Å². The molecule has 0 aliphatic carbocycles. The van der Waals surface area contributed by atoms with Crippen LogP contribution in [0.3, 0.4) is 0 Å². The van der Waals surface area contributed by atoms with Crippen molar-refractivity contribution >= 4 is 46.2 Å². The molecule has 4 rings (SSSR count).